The highest BCUT2D eigenvalue weighted by atomic mass is 16.5. The molecule has 1 aromatic carbocycles. The van der Waals surface area contributed by atoms with E-state index in [1.54, 1.807) is 0 Å². The van der Waals surface area contributed by atoms with Crippen LogP contribution in [0.5, 0.6) is 0 Å². The molecule has 4 heteroatoms. The van der Waals surface area contributed by atoms with Gasteiger partial charge in [0, 0.05) is 6.04 Å². The van der Waals surface area contributed by atoms with Crippen molar-refractivity contribution in [2.24, 2.45) is 5.92 Å². The summed E-state index contributed by atoms with van der Waals surface area (Å²) in [4.78, 5) is 11.5. The van der Waals surface area contributed by atoms with Gasteiger partial charge in [0.2, 0.25) is 0 Å². The van der Waals surface area contributed by atoms with Gasteiger partial charge in [-0.05, 0) is 24.9 Å². The molecule has 1 rings (SSSR count). The highest BCUT2D eigenvalue weighted by molar-refractivity contribution is 5.70. The summed E-state index contributed by atoms with van der Waals surface area (Å²) in [6.07, 6.45) is -0.577. The fourth-order valence-electron chi connectivity index (χ4n) is 1.94. The second kappa shape index (κ2) is 8.02. The average Bonchev–Trinajstić information content (AvgIpc) is 2.43. The number of carbonyl (C=O) groups is 1. The van der Waals surface area contributed by atoms with E-state index in [9.17, 15) is 9.90 Å². The Morgan fingerprint density at radius 3 is 2.40 bits per heavy atom. The first-order chi connectivity index (χ1) is 9.43. The van der Waals surface area contributed by atoms with E-state index in [1.165, 1.54) is 7.11 Å². The van der Waals surface area contributed by atoms with Crippen LogP contribution in [-0.4, -0.2) is 30.8 Å². The molecule has 0 aliphatic carbocycles. The molecular weight excluding hydrogens is 254 g/mol. The number of esters is 1. The molecule has 2 atom stereocenters. The molecule has 20 heavy (non-hydrogen) atoms. The molecule has 0 spiro atoms. The van der Waals surface area contributed by atoms with Crippen LogP contribution in [0.4, 0.5) is 0 Å². The predicted octanol–water partition coefficient (Wildman–Crippen LogP) is 2.21. The number of methoxy groups -OCH3 is 1. The summed E-state index contributed by atoms with van der Waals surface area (Å²) < 4.78 is 4.70. The molecule has 2 unspecified atom stereocenters. The van der Waals surface area contributed by atoms with Crippen LogP contribution in [0.15, 0.2) is 24.3 Å². The maximum Gasteiger partial charge on any atom is 0.307 e. The van der Waals surface area contributed by atoms with Gasteiger partial charge in [-0.15, -0.1) is 0 Å². The standard InChI is InChI=1S/C16H25NO3/c1-11(2)10-17-14(9-15(18)20-4)16(19)13-7-5-12(3)6-8-13/h5-8,11,14,16-17,19H,9-10H2,1-4H3. The van der Waals surface area contributed by atoms with E-state index < -0.39 is 6.10 Å². The third-order valence-electron chi connectivity index (χ3n) is 3.20. The number of carbonyl (C=O) groups excluding carboxylic acids is 1. The maximum absolute atomic E-state index is 11.5. The zero-order valence-corrected chi connectivity index (χ0v) is 12.7. The molecule has 0 saturated carbocycles. The van der Waals surface area contributed by atoms with E-state index in [0.717, 1.165) is 17.7 Å². The molecule has 0 aromatic heterocycles. The largest absolute Gasteiger partial charge is 0.469 e. The summed E-state index contributed by atoms with van der Waals surface area (Å²) in [5, 5.41) is 13.7. The number of rotatable bonds is 7. The van der Waals surface area contributed by atoms with Crippen molar-refractivity contribution in [2.45, 2.75) is 39.3 Å². The number of aliphatic hydroxyl groups is 1. The Labute approximate surface area is 121 Å². The Kier molecular flexibility index (Phi) is 6.68. The monoisotopic (exact) mass is 279 g/mol. The third kappa shape index (κ3) is 5.31. The number of aryl methyl sites for hydroxylation is 1. The molecule has 0 aliphatic heterocycles. The predicted molar refractivity (Wildman–Crippen MR) is 79.4 cm³/mol. The number of nitrogens with one attached hydrogen (secondary N) is 1. The molecule has 2 N–H and O–H groups in total. The quantitative estimate of drug-likeness (QED) is 0.751. The van der Waals surface area contributed by atoms with Gasteiger partial charge in [0.15, 0.2) is 0 Å². The van der Waals surface area contributed by atoms with Crippen LogP contribution in [0.25, 0.3) is 0 Å². The summed E-state index contributed by atoms with van der Waals surface area (Å²) in [6.45, 7) is 6.91. The van der Waals surface area contributed by atoms with Crippen LogP contribution in [0.2, 0.25) is 0 Å². The third-order valence-corrected chi connectivity index (χ3v) is 3.20. The Hall–Kier alpha value is -1.39. The van der Waals surface area contributed by atoms with Crippen LogP contribution < -0.4 is 5.32 Å². The molecular formula is C16H25NO3. The lowest BCUT2D eigenvalue weighted by Crippen LogP contribution is -2.39. The van der Waals surface area contributed by atoms with Gasteiger partial charge >= 0.3 is 5.97 Å². The zero-order chi connectivity index (χ0) is 15.1. The molecule has 112 valence electrons. The summed E-state index contributed by atoms with van der Waals surface area (Å²) in [6, 6.07) is 7.35. The number of hydrogen-bond donors (Lipinski definition) is 2. The van der Waals surface area contributed by atoms with Gasteiger partial charge in [-0.3, -0.25) is 4.79 Å². The van der Waals surface area contributed by atoms with E-state index in [0.29, 0.717) is 5.92 Å². The minimum Gasteiger partial charge on any atom is -0.469 e. The number of ether oxygens (including phenoxy) is 1. The van der Waals surface area contributed by atoms with Crippen molar-refractivity contribution >= 4 is 5.97 Å². The number of aliphatic hydroxyl groups excluding tert-OH is 1. The second-order valence-corrected chi connectivity index (χ2v) is 5.54. The van der Waals surface area contributed by atoms with Crippen LogP contribution in [-0.2, 0) is 9.53 Å². The van der Waals surface area contributed by atoms with Crippen molar-refractivity contribution in [3.63, 3.8) is 0 Å². The van der Waals surface area contributed by atoms with Crippen LogP contribution >= 0.6 is 0 Å². The van der Waals surface area contributed by atoms with E-state index in [4.69, 9.17) is 4.74 Å². The van der Waals surface area contributed by atoms with Crippen molar-refractivity contribution in [1.29, 1.82) is 0 Å². The molecule has 0 fully saturated rings. The minimum atomic E-state index is -0.728. The summed E-state index contributed by atoms with van der Waals surface area (Å²) in [5.41, 5.74) is 1.95. The Morgan fingerprint density at radius 1 is 1.30 bits per heavy atom. The van der Waals surface area contributed by atoms with Gasteiger partial charge in [0.25, 0.3) is 0 Å². The fourth-order valence-corrected chi connectivity index (χ4v) is 1.94. The highest BCUT2D eigenvalue weighted by Gasteiger charge is 2.23. The molecule has 0 heterocycles. The SMILES string of the molecule is COC(=O)CC(NCC(C)C)C(O)c1ccc(C)cc1. The summed E-state index contributed by atoms with van der Waals surface area (Å²) in [7, 11) is 1.36. The normalized spacial score (nSPS) is 14.1. The highest BCUT2D eigenvalue weighted by Crippen LogP contribution is 2.20. The van der Waals surface area contributed by atoms with Gasteiger partial charge in [-0.1, -0.05) is 43.7 Å². The molecule has 0 amide bonds. The molecule has 0 radical (unpaired) electrons. The molecule has 1 aromatic rings. The first-order valence-electron chi connectivity index (χ1n) is 6.99. The maximum atomic E-state index is 11.5. The van der Waals surface area contributed by atoms with Crippen molar-refractivity contribution in [1.82, 2.24) is 5.32 Å². The van der Waals surface area contributed by atoms with Crippen molar-refractivity contribution in [2.75, 3.05) is 13.7 Å². The Bertz CT molecular complexity index is 414. The average molecular weight is 279 g/mol. The Balaban J connectivity index is 2.78. The van der Waals surface area contributed by atoms with Crippen molar-refractivity contribution < 1.29 is 14.6 Å². The number of hydrogen-bond acceptors (Lipinski definition) is 4. The second-order valence-electron chi connectivity index (χ2n) is 5.54. The van der Waals surface area contributed by atoms with E-state index in [1.807, 2.05) is 31.2 Å². The van der Waals surface area contributed by atoms with Crippen LogP contribution in [0, 0.1) is 12.8 Å². The van der Waals surface area contributed by atoms with Crippen LogP contribution in [0.3, 0.4) is 0 Å². The molecule has 4 nitrogen and oxygen atoms in total. The Morgan fingerprint density at radius 2 is 1.90 bits per heavy atom. The fraction of sp³-hybridized carbons (Fsp3) is 0.562. The van der Waals surface area contributed by atoms with Crippen molar-refractivity contribution in [3.8, 4) is 0 Å². The van der Waals surface area contributed by atoms with Gasteiger partial charge in [0.05, 0.1) is 19.6 Å². The lowest BCUT2D eigenvalue weighted by atomic mass is 9.98. The lowest BCUT2D eigenvalue weighted by molar-refractivity contribution is -0.142. The minimum absolute atomic E-state index is 0.151. The van der Waals surface area contributed by atoms with Gasteiger partial charge in [-0.25, -0.2) is 0 Å². The molecule has 0 bridgehead atoms. The first-order valence-corrected chi connectivity index (χ1v) is 6.99. The van der Waals surface area contributed by atoms with E-state index in [-0.39, 0.29) is 18.4 Å². The zero-order valence-electron chi connectivity index (χ0n) is 12.7. The van der Waals surface area contributed by atoms with Gasteiger partial charge < -0.3 is 15.2 Å². The van der Waals surface area contributed by atoms with Gasteiger partial charge in [-0.2, -0.15) is 0 Å². The summed E-state index contributed by atoms with van der Waals surface area (Å²) in [5.74, 6) is 0.123. The smallest absolute Gasteiger partial charge is 0.307 e. The summed E-state index contributed by atoms with van der Waals surface area (Å²) >= 11 is 0. The first kappa shape index (κ1) is 16.7. The van der Waals surface area contributed by atoms with E-state index in [2.05, 4.69) is 19.2 Å². The molecule has 0 aliphatic rings. The molecule has 0 saturated heterocycles. The topological polar surface area (TPSA) is 58.6 Å². The van der Waals surface area contributed by atoms with Crippen molar-refractivity contribution in [3.05, 3.63) is 35.4 Å². The van der Waals surface area contributed by atoms with Gasteiger partial charge in [0.1, 0.15) is 0 Å². The van der Waals surface area contributed by atoms with Crippen LogP contribution in [0.1, 0.15) is 37.5 Å². The number of benzene rings is 1. The lowest BCUT2D eigenvalue weighted by Gasteiger charge is -2.24. The van der Waals surface area contributed by atoms with E-state index >= 15 is 0 Å².